The highest BCUT2D eigenvalue weighted by atomic mass is 32.2. The first kappa shape index (κ1) is 19.5. The summed E-state index contributed by atoms with van der Waals surface area (Å²) in [6.45, 7) is 2.51. The van der Waals surface area contributed by atoms with Gasteiger partial charge in [0.1, 0.15) is 0 Å². The van der Waals surface area contributed by atoms with Gasteiger partial charge in [-0.05, 0) is 43.9 Å². The van der Waals surface area contributed by atoms with Crippen LogP contribution in [0.1, 0.15) is 51.4 Å². The number of amides is 4. The minimum Gasteiger partial charge on any atom is -0.342 e. The molecule has 160 valence electrons. The number of thioether (sulfide) groups is 1. The monoisotopic (exact) mass is 420 g/mol. The second-order valence-electron chi connectivity index (χ2n) is 9.53. The maximum atomic E-state index is 12.8. The molecule has 5 heterocycles. The van der Waals surface area contributed by atoms with E-state index >= 15 is 0 Å². The molecule has 0 aliphatic carbocycles. The fourth-order valence-corrected chi connectivity index (χ4v) is 7.78. The van der Waals surface area contributed by atoms with Gasteiger partial charge in [-0.3, -0.25) is 9.59 Å². The van der Waals surface area contributed by atoms with Crippen LogP contribution in [0.15, 0.2) is 0 Å². The molecule has 5 aliphatic rings. The number of urea groups is 1. The van der Waals surface area contributed by atoms with Crippen LogP contribution in [0.25, 0.3) is 0 Å². The molecule has 0 spiro atoms. The summed E-state index contributed by atoms with van der Waals surface area (Å²) in [6, 6.07) is 0.865. The van der Waals surface area contributed by atoms with Crippen LogP contribution in [0.3, 0.4) is 0 Å². The van der Waals surface area contributed by atoms with Crippen molar-refractivity contribution < 1.29 is 14.4 Å². The largest absolute Gasteiger partial charge is 0.342 e. The average Bonchev–Trinajstić information content (AvgIpc) is 3.25. The van der Waals surface area contributed by atoms with Crippen molar-refractivity contribution in [1.29, 1.82) is 0 Å². The zero-order valence-electron chi connectivity index (χ0n) is 17.0. The van der Waals surface area contributed by atoms with Crippen LogP contribution in [-0.4, -0.2) is 76.4 Å². The predicted octanol–water partition coefficient (Wildman–Crippen LogP) is 1.57. The summed E-state index contributed by atoms with van der Waals surface area (Å²) >= 11 is 1.94. The minimum atomic E-state index is -0.0330. The summed E-state index contributed by atoms with van der Waals surface area (Å²) in [5.74, 6) is 2.55. The van der Waals surface area contributed by atoms with Crippen molar-refractivity contribution in [2.24, 2.45) is 11.8 Å². The maximum Gasteiger partial charge on any atom is 0.315 e. The lowest BCUT2D eigenvalue weighted by molar-refractivity contribution is -0.148. The molecule has 2 bridgehead atoms. The zero-order valence-corrected chi connectivity index (χ0v) is 17.8. The van der Waals surface area contributed by atoms with Gasteiger partial charge in [0.05, 0.1) is 12.1 Å². The molecule has 5 saturated heterocycles. The van der Waals surface area contributed by atoms with E-state index in [1.165, 1.54) is 6.42 Å². The van der Waals surface area contributed by atoms with E-state index in [0.717, 1.165) is 57.5 Å². The molecule has 2 N–H and O–H groups in total. The summed E-state index contributed by atoms with van der Waals surface area (Å²) in [5, 5.41) is 6.50. The first-order valence-electron chi connectivity index (χ1n) is 11.3. The van der Waals surface area contributed by atoms with Crippen LogP contribution >= 0.6 is 11.8 Å². The Balaban J connectivity index is 1.07. The van der Waals surface area contributed by atoms with E-state index in [9.17, 15) is 14.4 Å². The standard InChI is InChI=1S/C21H32N4O3S/c26-18(6-2-1-5-17-20-15(12-29-17)22-21(28)23-20)24-9-13-8-14(11-24)16-4-3-7-19(27)25(16)10-13/h13-17,20H,1-12H2,(H2,22,23,28)/t13-,14+,15+,16+,17-,20+/m1/s1. The molecule has 5 aliphatic heterocycles. The van der Waals surface area contributed by atoms with Gasteiger partial charge in [-0.1, -0.05) is 6.42 Å². The number of hydrogen-bond donors (Lipinski definition) is 2. The van der Waals surface area contributed by atoms with E-state index in [2.05, 4.69) is 20.4 Å². The van der Waals surface area contributed by atoms with Crippen molar-refractivity contribution in [1.82, 2.24) is 20.4 Å². The first-order valence-corrected chi connectivity index (χ1v) is 12.4. The SMILES string of the molecule is O=C1N[C@H]2[C@H](CS[C@@H]2CCCCC(=O)N2C[C@H]3C[C@@H](C2)[C@@H]2CCCC(=O)N2C3)N1. The zero-order chi connectivity index (χ0) is 20.0. The Morgan fingerprint density at radius 3 is 2.93 bits per heavy atom. The van der Waals surface area contributed by atoms with Crippen LogP contribution < -0.4 is 10.6 Å². The van der Waals surface area contributed by atoms with Crippen LogP contribution in [0.2, 0.25) is 0 Å². The van der Waals surface area contributed by atoms with Crippen molar-refractivity contribution in [3.8, 4) is 0 Å². The molecule has 0 saturated carbocycles. The third kappa shape index (κ3) is 3.84. The molecule has 0 radical (unpaired) electrons. The van der Waals surface area contributed by atoms with Crippen LogP contribution in [-0.2, 0) is 9.59 Å². The van der Waals surface area contributed by atoms with Crippen molar-refractivity contribution in [3.05, 3.63) is 0 Å². The third-order valence-electron chi connectivity index (χ3n) is 7.60. The lowest BCUT2D eigenvalue weighted by Crippen LogP contribution is -2.61. The molecule has 7 nitrogen and oxygen atoms in total. The highest BCUT2D eigenvalue weighted by molar-refractivity contribution is 8.00. The summed E-state index contributed by atoms with van der Waals surface area (Å²) in [7, 11) is 0. The lowest BCUT2D eigenvalue weighted by Gasteiger charge is -2.52. The Hall–Kier alpha value is -1.44. The van der Waals surface area contributed by atoms with Gasteiger partial charge in [-0.15, -0.1) is 0 Å². The van der Waals surface area contributed by atoms with Crippen molar-refractivity contribution in [2.45, 2.75) is 74.7 Å². The van der Waals surface area contributed by atoms with Gasteiger partial charge >= 0.3 is 6.03 Å². The van der Waals surface area contributed by atoms with Crippen molar-refractivity contribution >= 4 is 29.6 Å². The van der Waals surface area contributed by atoms with E-state index in [1.54, 1.807) is 0 Å². The molecular formula is C21H32N4O3S. The van der Waals surface area contributed by atoms with Crippen LogP contribution in [0.4, 0.5) is 4.79 Å². The lowest BCUT2D eigenvalue weighted by atomic mass is 9.76. The normalized spacial score (nSPS) is 38.3. The maximum absolute atomic E-state index is 12.8. The minimum absolute atomic E-state index is 0.0330. The third-order valence-corrected chi connectivity index (χ3v) is 9.11. The molecule has 0 aromatic heterocycles. The summed E-state index contributed by atoms with van der Waals surface area (Å²) in [6.07, 6.45) is 7.65. The Kier molecular flexibility index (Phi) is 5.39. The molecular weight excluding hydrogens is 388 g/mol. The molecule has 0 aromatic carbocycles. The van der Waals surface area contributed by atoms with E-state index in [1.807, 2.05) is 11.8 Å². The number of nitrogens with one attached hydrogen (secondary N) is 2. The predicted molar refractivity (Wildman–Crippen MR) is 111 cm³/mol. The van der Waals surface area contributed by atoms with E-state index in [0.29, 0.717) is 47.8 Å². The highest BCUT2D eigenvalue weighted by Crippen LogP contribution is 2.38. The molecule has 8 heteroatoms. The average molecular weight is 421 g/mol. The Bertz CT molecular complexity index is 689. The Morgan fingerprint density at radius 2 is 2.03 bits per heavy atom. The fraction of sp³-hybridized carbons (Fsp3) is 0.857. The first-order chi connectivity index (χ1) is 14.1. The number of fused-ring (bicyclic) bond motifs is 5. The number of rotatable bonds is 5. The summed E-state index contributed by atoms with van der Waals surface area (Å²) < 4.78 is 0. The highest BCUT2D eigenvalue weighted by Gasteiger charge is 2.45. The van der Waals surface area contributed by atoms with Gasteiger partial charge < -0.3 is 20.4 Å². The molecule has 0 unspecified atom stereocenters. The Morgan fingerprint density at radius 1 is 1.14 bits per heavy atom. The molecule has 0 aromatic rings. The number of likely N-dealkylation sites (tertiary alicyclic amines) is 1. The summed E-state index contributed by atoms with van der Waals surface area (Å²) in [5.41, 5.74) is 0. The molecule has 5 rings (SSSR count). The van der Waals surface area contributed by atoms with Gasteiger partial charge in [0.2, 0.25) is 11.8 Å². The van der Waals surface area contributed by atoms with E-state index in [-0.39, 0.29) is 18.1 Å². The number of carbonyl (C=O) groups is 3. The molecule has 6 atom stereocenters. The molecule has 29 heavy (non-hydrogen) atoms. The summed E-state index contributed by atoms with van der Waals surface area (Å²) in [4.78, 5) is 40.8. The van der Waals surface area contributed by atoms with E-state index in [4.69, 9.17) is 0 Å². The van der Waals surface area contributed by atoms with Gasteiger partial charge in [0, 0.05) is 49.5 Å². The van der Waals surface area contributed by atoms with Crippen molar-refractivity contribution in [2.75, 3.05) is 25.4 Å². The van der Waals surface area contributed by atoms with Gasteiger partial charge in [0.15, 0.2) is 0 Å². The van der Waals surface area contributed by atoms with E-state index < -0.39 is 0 Å². The Labute approximate surface area is 176 Å². The topological polar surface area (TPSA) is 81.8 Å². The van der Waals surface area contributed by atoms with Crippen LogP contribution in [0, 0.1) is 11.8 Å². The number of hydrogen-bond acceptors (Lipinski definition) is 4. The van der Waals surface area contributed by atoms with Gasteiger partial charge in [0.25, 0.3) is 0 Å². The van der Waals surface area contributed by atoms with Gasteiger partial charge in [-0.25, -0.2) is 4.79 Å². The molecule has 5 fully saturated rings. The van der Waals surface area contributed by atoms with Crippen LogP contribution in [0.5, 0.6) is 0 Å². The fourth-order valence-electron chi connectivity index (χ4n) is 6.24. The number of nitrogens with zero attached hydrogens (tertiary/aromatic N) is 2. The smallest absolute Gasteiger partial charge is 0.315 e. The quantitative estimate of drug-likeness (QED) is 0.523. The number of carbonyl (C=O) groups excluding carboxylic acids is 3. The molecule has 4 amide bonds. The second-order valence-corrected chi connectivity index (χ2v) is 10.8. The van der Waals surface area contributed by atoms with Gasteiger partial charge in [-0.2, -0.15) is 11.8 Å². The number of piperidine rings is 3. The second kappa shape index (κ2) is 8.00. The number of unbranched alkanes of at least 4 members (excludes halogenated alkanes) is 1. The van der Waals surface area contributed by atoms with Crippen molar-refractivity contribution in [3.63, 3.8) is 0 Å².